The van der Waals surface area contributed by atoms with Crippen LogP contribution < -0.4 is 0 Å². The Morgan fingerprint density at radius 1 is 1.17 bits per heavy atom. The quantitative estimate of drug-likeness (QED) is 0.722. The number of carbonyl (C=O) groups is 2. The van der Waals surface area contributed by atoms with E-state index in [-0.39, 0.29) is 13.1 Å². The molecular weight excluding hydrogens is 382 g/mol. The molecule has 0 radical (unpaired) electrons. The van der Waals surface area contributed by atoms with Crippen molar-refractivity contribution >= 4 is 23.0 Å². The number of aliphatic hydroxyl groups excluding tert-OH is 1. The van der Waals surface area contributed by atoms with Crippen molar-refractivity contribution in [1.29, 1.82) is 0 Å². The lowest BCUT2D eigenvalue weighted by Crippen LogP contribution is -2.42. The molecule has 2 aliphatic rings. The lowest BCUT2D eigenvalue weighted by Gasteiger charge is -2.21. The molecule has 7 nitrogen and oxygen atoms in total. The van der Waals surface area contributed by atoms with E-state index < -0.39 is 23.7 Å². The van der Waals surface area contributed by atoms with Crippen molar-refractivity contribution < 1.29 is 19.4 Å². The van der Waals surface area contributed by atoms with Crippen LogP contribution in [0.25, 0.3) is 11.0 Å². The van der Waals surface area contributed by atoms with Crippen molar-refractivity contribution in [3.05, 3.63) is 65.0 Å². The number of β-amino-alcohol motifs (C(OH)–C–C–N with tert-alkyl or cyclic N) is 1. The van der Waals surface area contributed by atoms with Gasteiger partial charge in [0.1, 0.15) is 0 Å². The van der Waals surface area contributed by atoms with Crippen molar-refractivity contribution in [2.75, 3.05) is 6.54 Å². The van der Waals surface area contributed by atoms with Crippen LogP contribution in [0, 0.1) is 13.8 Å². The minimum Gasteiger partial charge on any atom is -0.427 e. The number of hydrogen-bond donors (Lipinski definition) is 1. The van der Waals surface area contributed by atoms with E-state index in [0.717, 1.165) is 38.2 Å². The van der Waals surface area contributed by atoms with Gasteiger partial charge >= 0.3 is 6.09 Å². The molecule has 0 bridgehead atoms. The largest absolute Gasteiger partial charge is 0.427 e. The zero-order chi connectivity index (χ0) is 21.0. The zero-order valence-corrected chi connectivity index (χ0v) is 17.0. The van der Waals surface area contributed by atoms with Crippen molar-refractivity contribution in [3.63, 3.8) is 0 Å². The number of benzene rings is 2. The van der Waals surface area contributed by atoms with Crippen LogP contribution in [0.3, 0.4) is 0 Å². The fourth-order valence-electron chi connectivity index (χ4n) is 4.57. The molecule has 154 valence electrons. The van der Waals surface area contributed by atoms with Gasteiger partial charge in [0.2, 0.25) is 5.60 Å². The Morgan fingerprint density at radius 3 is 2.77 bits per heavy atom. The number of aryl methyl sites for hydroxylation is 3. The molecule has 1 fully saturated rings. The number of amides is 2. The molecule has 2 amide bonds. The summed E-state index contributed by atoms with van der Waals surface area (Å²) < 4.78 is 7.45. The summed E-state index contributed by atoms with van der Waals surface area (Å²) in [7, 11) is 0. The van der Waals surface area contributed by atoms with Gasteiger partial charge < -0.3 is 14.4 Å². The molecule has 0 saturated carbocycles. The first kappa shape index (κ1) is 18.8. The maximum Gasteiger partial charge on any atom is 0.418 e. The fourth-order valence-corrected chi connectivity index (χ4v) is 4.57. The Kier molecular flexibility index (Phi) is 4.18. The second-order valence-corrected chi connectivity index (χ2v) is 8.24. The Morgan fingerprint density at radius 2 is 1.93 bits per heavy atom. The van der Waals surface area contributed by atoms with Crippen LogP contribution in [-0.2, 0) is 28.1 Å². The first-order chi connectivity index (χ1) is 14.4. The van der Waals surface area contributed by atoms with E-state index >= 15 is 0 Å². The Labute approximate surface area is 173 Å². The number of aromatic nitrogens is 2. The number of rotatable bonds is 4. The summed E-state index contributed by atoms with van der Waals surface area (Å²) in [6, 6.07) is 11.6. The van der Waals surface area contributed by atoms with Gasteiger partial charge in [0.25, 0.3) is 5.91 Å². The minimum absolute atomic E-state index is 0.119. The maximum absolute atomic E-state index is 13.2. The summed E-state index contributed by atoms with van der Waals surface area (Å²) >= 11 is 0. The second-order valence-electron chi connectivity index (χ2n) is 8.24. The number of fused-ring (bicyclic) bond motifs is 3. The van der Waals surface area contributed by atoms with Gasteiger partial charge in [-0.3, -0.25) is 4.79 Å². The Bertz CT molecular complexity index is 1180. The molecule has 1 spiro atoms. The molecule has 1 saturated heterocycles. The van der Waals surface area contributed by atoms with Crippen LogP contribution in [0.5, 0.6) is 0 Å². The van der Waals surface area contributed by atoms with Crippen molar-refractivity contribution in [2.24, 2.45) is 0 Å². The Balaban J connectivity index is 1.36. The number of nitrogens with zero attached hydrogens (tertiary/aromatic N) is 3. The lowest BCUT2D eigenvalue weighted by atomic mass is 9.95. The monoisotopic (exact) mass is 405 g/mol. The summed E-state index contributed by atoms with van der Waals surface area (Å²) in [6.45, 7) is 4.16. The number of imidazole rings is 1. The molecule has 1 aliphatic heterocycles. The predicted octanol–water partition coefficient (Wildman–Crippen LogP) is 2.83. The molecule has 2 atom stereocenters. The van der Waals surface area contributed by atoms with E-state index in [9.17, 15) is 14.7 Å². The summed E-state index contributed by atoms with van der Waals surface area (Å²) in [5, 5.41) is 10.7. The average molecular weight is 405 g/mol. The smallest absolute Gasteiger partial charge is 0.418 e. The SMILES string of the molecule is Cc1cc2ncn(C[C@H](O)CN3C(=O)O[C@@]4(CCc5ccccc54)C3=O)c2cc1C. The van der Waals surface area contributed by atoms with Crippen LogP contribution in [0.4, 0.5) is 4.79 Å². The third-order valence-corrected chi connectivity index (χ3v) is 6.31. The summed E-state index contributed by atoms with van der Waals surface area (Å²) in [5.74, 6) is -0.390. The number of carbonyl (C=O) groups excluding carboxylic acids is 2. The maximum atomic E-state index is 13.2. The van der Waals surface area contributed by atoms with E-state index in [1.165, 1.54) is 0 Å². The van der Waals surface area contributed by atoms with Crippen LogP contribution in [0.1, 0.15) is 28.7 Å². The number of hydrogen-bond acceptors (Lipinski definition) is 5. The van der Waals surface area contributed by atoms with Gasteiger partial charge in [-0.05, 0) is 49.1 Å². The number of imide groups is 1. The molecule has 1 aliphatic carbocycles. The normalized spacial score (nSPS) is 21.5. The molecule has 5 rings (SSSR count). The van der Waals surface area contributed by atoms with Crippen molar-refractivity contribution in [1.82, 2.24) is 14.5 Å². The van der Waals surface area contributed by atoms with E-state index in [2.05, 4.69) is 4.98 Å². The Hall–Kier alpha value is -3.19. The van der Waals surface area contributed by atoms with E-state index in [4.69, 9.17) is 4.74 Å². The van der Waals surface area contributed by atoms with Gasteiger partial charge in [0.05, 0.1) is 36.6 Å². The van der Waals surface area contributed by atoms with Gasteiger partial charge in [0.15, 0.2) is 0 Å². The summed E-state index contributed by atoms with van der Waals surface area (Å²) in [5.41, 5.74) is 4.59. The summed E-state index contributed by atoms with van der Waals surface area (Å²) in [4.78, 5) is 31.2. The second kappa shape index (κ2) is 6.67. The molecule has 1 N–H and O–H groups in total. The van der Waals surface area contributed by atoms with Gasteiger partial charge in [-0.25, -0.2) is 14.7 Å². The summed E-state index contributed by atoms with van der Waals surface area (Å²) in [6.07, 6.45) is 1.16. The fraction of sp³-hybridized carbons (Fsp3) is 0.348. The van der Waals surface area contributed by atoms with Gasteiger partial charge in [-0.1, -0.05) is 24.3 Å². The minimum atomic E-state index is -1.25. The van der Waals surface area contributed by atoms with Crippen LogP contribution in [-0.4, -0.2) is 44.2 Å². The highest BCUT2D eigenvalue weighted by Gasteiger charge is 2.58. The van der Waals surface area contributed by atoms with Crippen LogP contribution in [0.2, 0.25) is 0 Å². The zero-order valence-electron chi connectivity index (χ0n) is 17.0. The molecule has 2 heterocycles. The standard InChI is InChI=1S/C23H23N3O4/c1-14-9-19-20(10-15(14)2)25(13-24-19)11-17(27)12-26-21(28)23(30-22(26)29)8-7-16-5-3-4-6-18(16)23/h3-6,9-10,13,17,27H,7-8,11-12H2,1-2H3/t17-,23+/m0/s1. The highest BCUT2D eigenvalue weighted by Crippen LogP contribution is 2.45. The van der Waals surface area contributed by atoms with Crippen LogP contribution >= 0.6 is 0 Å². The molecule has 7 heteroatoms. The molecule has 0 unspecified atom stereocenters. The van der Waals surface area contributed by atoms with Gasteiger partial charge in [0, 0.05) is 12.0 Å². The van der Waals surface area contributed by atoms with Gasteiger partial charge in [-0.2, -0.15) is 0 Å². The third kappa shape index (κ3) is 2.73. The number of aliphatic hydroxyl groups is 1. The molecule has 1 aromatic heterocycles. The van der Waals surface area contributed by atoms with Gasteiger partial charge in [-0.15, -0.1) is 0 Å². The third-order valence-electron chi connectivity index (χ3n) is 6.31. The molecule has 2 aromatic carbocycles. The topological polar surface area (TPSA) is 84.7 Å². The van der Waals surface area contributed by atoms with Crippen LogP contribution in [0.15, 0.2) is 42.7 Å². The molecule has 30 heavy (non-hydrogen) atoms. The van der Waals surface area contributed by atoms with E-state index in [1.807, 2.05) is 54.8 Å². The first-order valence-corrected chi connectivity index (χ1v) is 10.1. The van der Waals surface area contributed by atoms with E-state index in [0.29, 0.717) is 12.8 Å². The van der Waals surface area contributed by atoms with Crippen molar-refractivity contribution in [3.8, 4) is 0 Å². The predicted molar refractivity (Wildman–Crippen MR) is 110 cm³/mol. The highest BCUT2D eigenvalue weighted by molar-refractivity contribution is 6.04. The van der Waals surface area contributed by atoms with E-state index in [1.54, 1.807) is 6.33 Å². The lowest BCUT2D eigenvalue weighted by molar-refractivity contribution is -0.138. The average Bonchev–Trinajstić information content (AvgIpc) is 3.35. The number of ether oxygens (including phenoxy) is 1. The van der Waals surface area contributed by atoms with Crippen molar-refractivity contribution in [2.45, 2.75) is 44.9 Å². The molecule has 3 aromatic rings. The molecular formula is C23H23N3O4. The highest BCUT2D eigenvalue weighted by atomic mass is 16.6. The first-order valence-electron chi connectivity index (χ1n) is 10.1.